The molecule has 0 saturated carbocycles. The lowest BCUT2D eigenvalue weighted by atomic mass is 9.86. The predicted molar refractivity (Wildman–Crippen MR) is 145 cm³/mol. The third kappa shape index (κ3) is 6.09. The number of hydrogen-bond donors (Lipinski definition) is 2. The molecule has 36 heavy (non-hydrogen) atoms. The molecule has 188 valence electrons. The average molecular weight is 572 g/mol. The van der Waals surface area contributed by atoms with Gasteiger partial charge in [0.05, 0.1) is 6.61 Å². The minimum Gasteiger partial charge on any atom is -0.494 e. The first-order valence-corrected chi connectivity index (χ1v) is 12.9. The number of nitrogens with one attached hydrogen (secondary N) is 1. The molecule has 0 spiro atoms. The summed E-state index contributed by atoms with van der Waals surface area (Å²) < 4.78 is 12.8. The standard InChI is InChI=1S/C28H28BrClN2O4/c1-19-28(17-20-7-11-23(29)12-8-20,27(34)31-18-22-5-2-3-6-25(22)30)32-26(36-19)21-9-13-24(14-10-21)35-16-4-15-33/h2-3,5-14,19,33H,4,15-18H2,1H3,(H,31,34)/t19-,28-/m1/s1. The molecule has 8 heteroatoms. The number of aliphatic hydroxyl groups is 1. The average Bonchev–Trinajstić information content (AvgIpc) is 3.22. The number of hydrogen-bond acceptors (Lipinski definition) is 5. The minimum absolute atomic E-state index is 0.0829. The molecule has 3 aromatic rings. The van der Waals surface area contributed by atoms with Crippen LogP contribution < -0.4 is 10.1 Å². The molecule has 3 aromatic carbocycles. The number of ether oxygens (including phenoxy) is 2. The maximum Gasteiger partial charge on any atom is 0.252 e. The molecule has 2 N–H and O–H groups in total. The Hall–Kier alpha value is -2.87. The summed E-state index contributed by atoms with van der Waals surface area (Å²) in [6.45, 7) is 2.68. The van der Waals surface area contributed by atoms with E-state index in [-0.39, 0.29) is 19.1 Å². The highest BCUT2D eigenvalue weighted by atomic mass is 79.9. The molecule has 0 radical (unpaired) electrons. The zero-order valence-corrected chi connectivity index (χ0v) is 22.3. The Morgan fingerprint density at radius 2 is 1.86 bits per heavy atom. The largest absolute Gasteiger partial charge is 0.494 e. The van der Waals surface area contributed by atoms with E-state index in [0.717, 1.165) is 21.2 Å². The van der Waals surface area contributed by atoms with Gasteiger partial charge in [-0.15, -0.1) is 0 Å². The topological polar surface area (TPSA) is 80.2 Å². The summed E-state index contributed by atoms with van der Waals surface area (Å²) in [6, 6.07) is 22.7. The normalized spacial score (nSPS) is 18.9. The first-order chi connectivity index (χ1) is 17.4. The van der Waals surface area contributed by atoms with Crippen molar-refractivity contribution in [3.8, 4) is 5.75 Å². The van der Waals surface area contributed by atoms with Gasteiger partial charge in [0.25, 0.3) is 5.91 Å². The van der Waals surface area contributed by atoms with Gasteiger partial charge in [0.2, 0.25) is 5.90 Å². The molecule has 1 heterocycles. The van der Waals surface area contributed by atoms with E-state index in [1.807, 2.05) is 73.7 Å². The number of aliphatic hydroxyl groups excluding tert-OH is 1. The lowest BCUT2D eigenvalue weighted by molar-refractivity contribution is -0.128. The number of amides is 1. The van der Waals surface area contributed by atoms with Gasteiger partial charge in [-0.3, -0.25) is 4.79 Å². The quantitative estimate of drug-likeness (QED) is 0.323. The van der Waals surface area contributed by atoms with Gasteiger partial charge in [0, 0.05) is 41.1 Å². The lowest BCUT2D eigenvalue weighted by Crippen LogP contribution is -2.52. The van der Waals surface area contributed by atoms with Crippen LogP contribution in [0.4, 0.5) is 0 Å². The van der Waals surface area contributed by atoms with E-state index in [2.05, 4.69) is 21.2 Å². The van der Waals surface area contributed by atoms with Crippen LogP contribution in [0, 0.1) is 0 Å². The molecule has 1 amide bonds. The Morgan fingerprint density at radius 3 is 2.56 bits per heavy atom. The molecule has 0 unspecified atom stereocenters. The van der Waals surface area contributed by atoms with Crippen LogP contribution in [0.15, 0.2) is 82.3 Å². The molecule has 0 aliphatic carbocycles. The van der Waals surface area contributed by atoms with Crippen molar-refractivity contribution in [2.45, 2.75) is 38.0 Å². The van der Waals surface area contributed by atoms with Crippen molar-refractivity contribution in [1.82, 2.24) is 5.32 Å². The first-order valence-electron chi connectivity index (χ1n) is 11.8. The second-order valence-electron chi connectivity index (χ2n) is 8.63. The van der Waals surface area contributed by atoms with Crippen molar-refractivity contribution < 1.29 is 19.4 Å². The first kappa shape index (κ1) is 26.2. The molecular weight excluding hydrogens is 544 g/mol. The smallest absolute Gasteiger partial charge is 0.252 e. The van der Waals surface area contributed by atoms with Gasteiger partial charge in [0.15, 0.2) is 5.54 Å². The van der Waals surface area contributed by atoms with E-state index < -0.39 is 11.6 Å². The van der Waals surface area contributed by atoms with Crippen LogP contribution in [0.2, 0.25) is 5.02 Å². The minimum atomic E-state index is -1.15. The van der Waals surface area contributed by atoms with Gasteiger partial charge in [-0.05, 0) is 60.5 Å². The highest BCUT2D eigenvalue weighted by molar-refractivity contribution is 9.10. The SMILES string of the molecule is C[C@H]1OC(c2ccc(OCCCO)cc2)=N[C@@]1(Cc1ccc(Br)cc1)C(=O)NCc1ccccc1Cl. The predicted octanol–water partition coefficient (Wildman–Crippen LogP) is 5.33. The summed E-state index contributed by atoms with van der Waals surface area (Å²) in [7, 11) is 0. The molecule has 1 aliphatic heterocycles. The number of rotatable bonds is 10. The molecular formula is C28H28BrClN2O4. The summed E-state index contributed by atoms with van der Waals surface area (Å²) >= 11 is 9.77. The molecule has 1 aliphatic rings. The van der Waals surface area contributed by atoms with E-state index in [9.17, 15) is 4.79 Å². The van der Waals surface area contributed by atoms with Crippen molar-refractivity contribution in [3.63, 3.8) is 0 Å². The fourth-order valence-electron chi connectivity index (χ4n) is 4.03. The number of nitrogens with zero attached hydrogens (tertiary/aromatic N) is 1. The van der Waals surface area contributed by atoms with Crippen LogP contribution in [0.3, 0.4) is 0 Å². The number of carbonyl (C=O) groups excluding carboxylic acids is 1. The van der Waals surface area contributed by atoms with Crippen LogP contribution in [0.25, 0.3) is 0 Å². The van der Waals surface area contributed by atoms with Gasteiger partial charge in [0.1, 0.15) is 11.9 Å². The third-order valence-corrected chi connectivity index (χ3v) is 7.01. The molecule has 2 atom stereocenters. The van der Waals surface area contributed by atoms with Gasteiger partial charge < -0.3 is 19.9 Å². The van der Waals surface area contributed by atoms with Gasteiger partial charge in [-0.25, -0.2) is 4.99 Å². The van der Waals surface area contributed by atoms with Gasteiger partial charge in [-0.1, -0.05) is 57.9 Å². The number of aliphatic imine (C=N–C) groups is 1. The second kappa shape index (κ2) is 11.9. The van der Waals surface area contributed by atoms with Crippen LogP contribution in [0.1, 0.15) is 30.0 Å². The molecule has 4 rings (SSSR count). The summed E-state index contributed by atoms with van der Waals surface area (Å²) in [5.74, 6) is 0.878. The van der Waals surface area contributed by atoms with Crippen molar-refractivity contribution in [1.29, 1.82) is 0 Å². The lowest BCUT2D eigenvalue weighted by Gasteiger charge is -2.28. The van der Waals surface area contributed by atoms with E-state index >= 15 is 0 Å². The summed E-state index contributed by atoms with van der Waals surface area (Å²) in [4.78, 5) is 18.6. The van der Waals surface area contributed by atoms with Crippen molar-refractivity contribution >= 4 is 39.3 Å². The zero-order valence-electron chi connectivity index (χ0n) is 19.9. The van der Waals surface area contributed by atoms with E-state index in [1.54, 1.807) is 6.07 Å². The van der Waals surface area contributed by atoms with Crippen LogP contribution in [-0.2, 0) is 22.5 Å². The van der Waals surface area contributed by atoms with Gasteiger partial charge in [-0.2, -0.15) is 0 Å². The van der Waals surface area contributed by atoms with Crippen LogP contribution in [-0.4, -0.2) is 41.8 Å². The van der Waals surface area contributed by atoms with Crippen molar-refractivity contribution in [2.24, 2.45) is 4.99 Å². The zero-order chi connectivity index (χ0) is 25.5. The molecule has 6 nitrogen and oxygen atoms in total. The van der Waals surface area contributed by atoms with Crippen molar-refractivity contribution in [2.75, 3.05) is 13.2 Å². The molecule has 0 fully saturated rings. The van der Waals surface area contributed by atoms with E-state index in [1.165, 1.54) is 0 Å². The molecule has 0 bridgehead atoms. The summed E-state index contributed by atoms with van der Waals surface area (Å²) in [6.07, 6.45) is 0.446. The Morgan fingerprint density at radius 1 is 1.14 bits per heavy atom. The number of benzene rings is 3. The summed E-state index contributed by atoms with van der Waals surface area (Å²) in [5.41, 5.74) is 1.41. The molecule has 0 saturated heterocycles. The second-order valence-corrected chi connectivity index (χ2v) is 9.95. The Bertz CT molecular complexity index is 1220. The summed E-state index contributed by atoms with van der Waals surface area (Å²) in [5, 5.41) is 12.6. The van der Waals surface area contributed by atoms with Gasteiger partial charge >= 0.3 is 0 Å². The third-order valence-electron chi connectivity index (χ3n) is 6.11. The Labute approximate surface area is 224 Å². The van der Waals surface area contributed by atoms with E-state index in [0.29, 0.717) is 36.1 Å². The van der Waals surface area contributed by atoms with Crippen LogP contribution in [0.5, 0.6) is 5.75 Å². The monoisotopic (exact) mass is 570 g/mol. The highest BCUT2D eigenvalue weighted by Gasteiger charge is 2.50. The maximum atomic E-state index is 13.7. The number of halogens is 2. The Balaban J connectivity index is 1.61. The number of carbonyl (C=O) groups is 1. The van der Waals surface area contributed by atoms with E-state index in [4.69, 9.17) is 31.2 Å². The highest BCUT2D eigenvalue weighted by Crippen LogP contribution is 2.33. The maximum absolute atomic E-state index is 13.7. The Kier molecular flexibility index (Phi) is 8.67. The fourth-order valence-corrected chi connectivity index (χ4v) is 4.49. The van der Waals surface area contributed by atoms with Crippen LogP contribution >= 0.6 is 27.5 Å². The fraction of sp³-hybridized carbons (Fsp3) is 0.286. The molecule has 0 aromatic heterocycles. The van der Waals surface area contributed by atoms with Crippen molar-refractivity contribution in [3.05, 3.63) is 99.0 Å².